The highest BCUT2D eigenvalue weighted by Crippen LogP contribution is 2.24. The highest BCUT2D eigenvalue weighted by Gasteiger charge is 2.15. The molecule has 1 aromatic carbocycles. The number of aromatic nitrogens is 3. The lowest BCUT2D eigenvalue weighted by Crippen LogP contribution is -2.26. The van der Waals surface area contributed by atoms with Gasteiger partial charge in [-0.05, 0) is 12.1 Å². The normalized spacial score (nSPS) is 10.4. The molecule has 0 aliphatic heterocycles. The van der Waals surface area contributed by atoms with E-state index < -0.39 is 4.92 Å². The van der Waals surface area contributed by atoms with Crippen molar-refractivity contribution in [1.29, 1.82) is 0 Å². The number of benzene rings is 1. The van der Waals surface area contributed by atoms with Gasteiger partial charge in [0.1, 0.15) is 11.3 Å². The summed E-state index contributed by atoms with van der Waals surface area (Å²) in [4.78, 5) is 26.0. The second-order valence-corrected chi connectivity index (χ2v) is 4.67. The maximum Gasteiger partial charge on any atom is 0.287 e. The van der Waals surface area contributed by atoms with Gasteiger partial charge in [0.2, 0.25) is 0 Å². The maximum atomic E-state index is 11.9. The first-order chi connectivity index (χ1) is 9.97. The van der Waals surface area contributed by atoms with E-state index in [0.29, 0.717) is 18.8 Å². The van der Waals surface area contributed by atoms with Crippen LogP contribution in [0.25, 0.3) is 0 Å². The second kappa shape index (κ2) is 6.31. The Morgan fingerprint density at radius 2 is 2.29 bits per heavy atom. The van der Waals surface area contributed by atoms with Gasteiger partial charge < -0.3 is 5.32 Å². The zero-order chi connectivity index (χ0) is 15.4. The van der Waals surface area contributed by atoms with Gasteiger partial charge in [-0.1, -0.05) is 11.6 Å². The van der Waals surface area contributed by atoms with E-state index in [1.807, 2.05) is 0 Å². The summed E-state index contributed by atoms with van der Waals surface area (Å²) in [5.74, 6) is 0.266. The Balaban J connectivity index is 1.94. The van der Waals surface area contributed by atoms with Crippen LogP contribution in [-0.2, 0) is 13.5 Å². The third-order valence-corrected chi connectivity index (χ3v) is 2.99. The zero-order valence-corrected chi connectivity index (χ0v) is 11.9. The Hall–Kier alpha value is -2.48. The van der Waals surface area contributed by atoms with E-state index in [1.54, 1.807) is 18.1 Å². The minimum Gasteiger partial charge on any atom is -0.352 e. The fourth-order valence-electron chi connectivity index (χ4n) is 1.68. The molecule has 0 atom stereocenters. The Kier molecular flexibility index (Phi) is 4.49. The summed E-state index contributed by atoms with van der Waals surface area (Å²) in [7, 11) is 1.76. The van der Waals surface area contributed by atoms with Crippen molar-refractivity contribution in [3.05, 3.63) is 51.1 Å². The van der Waals surface area contributed by atoms with Crippen LogP contribution in [0.1, 0.15) is 16.2 Å². The number of nitro benzene ring substituents is 1. The molecule has 21 heavy (non-hydrogen) atoms. The molecule has 0 fully saturated rings. The number of nitrogens with one attached hydrogen (secondary N) is 1. The van der Waals surface area contributed by atoms with Crippen LogP contribution >= 0.6 is 11.6 Å². The third-order valence-electron chi connectivity index (χ3n) is 2.69. The number of aryl methyl sites for hydroxylation is 1. The smallest absolute Gasteiger partial charge is 0.287 e. The molecule has 1 heterocycles. The number of hydrogen-bond donors (Lipinski definition) is 1. The minimum atomic E-state index is -0.600. The quantitative estimate of drug-likeness (QED) is 0.663. The molecule has 0 radical (unpaired) electrons. The first-order valence-corrected chi connectivity index (χ1v) is 6.42. The molecular weight excluding hydrogens is 298 g/mol. The Labute approximate surface area is 124 Å². The lowest BCUT2D eigenvalue weighted by Gasteiger charge is -2.04. The molecule has 0 spiro atoms. The largest absolute Gasteiger partial charge is 0.352 e. The van der Waals surface area contributed by atoms with Gasteiger partial charge in [0.25, 0.3) is 11.6 Å². The number of rotatable bonds is 5. The Bertz CT molecular complexity index is 685. The van der Waals surface area contributed by atoms with E-state index in [2.05, 4.69) is 15.4 Å². The molecule has 2 aromatic rings. The van der Waals surface area contributed by atoms with Crippen LogP contribution in [0.4, 0.5) is 5.69 Å². The molecule has 0 aliphatic carbocycles. The summed E-state index contributed by atoms with van der Waals surface area (Å²) in [5, 5.41) is 17.3. The van der Waals surface area contributed by atoms with Crippen molar-refractivity contribution >= 4 is 23.2 Å². The molecule has 1 N–H and O–H groups in total. The molecule has 8 nitrogen and oxygen atoms in total. The molecule has 9 heteroatoms. The summed E-state index contributed by atoms with van der Waals surface area (Å²) in [6.45, 7) is 0.359. The molecule has 0 unspecified atom stereocenters. The molecule has 110 valence electrons. The highest BCUT2D eigenvalue weighted by atomic mass is 35.5. The number of amides is 1. The number of hydrogen-bond acceptors (Lipinski definition) is 5. The standard InChI is InChI=1S/C12H12ClN5O3/c1-17-7-15-11(16-17)4-5-14-12(19)8-2-3-10(18(20)21)9(13)6-8/h2-3,6-7H,4-5H2,1H3,(H,14,19). The lowest BCUT2D eigenvalue weighted by atomic mass is 10.2. The number of halogens is 1. The molecular formula is C12H12ClN5O3. The predicted molar refractivity (Wildman–Crippen MR) is 75.1 cm³/mol. The summed E-state index contributed by atoms with van der Waals surface area (Å²) in [5.41, 5.74) is 0.0329. The van der Waals surface area contributed by atoms with Crippen molar-refractivity contribution in [3.63, 3.8) is 0 Å². The van der Waals surface area contributed by atoms with E-state index in [-0.39, 0.29) is 22.2 Å². The van der Waals surface area contributed by atoms with Crippen LogP contribution in [0, 0.1) is 10.1 Å². The first kappa shape index (κ1) is 14.9. The number of nitrogens with zero attached hydrogens (tertiary/aromatic N) is 4. The second-order valence-electron chi connectivity index (χ2n) is 4.26. The number of carbonyl (C=O) groups is 1. The summed E-state index contributed by atoms with van der Waals surface area (Å²) >= 11 is 5.76. The van der Waals surface area contributed by atoms with E-state index in [0.717, 1.165) is 0 Å². The van der Waals surface area contributed by atoms with Crippen molar-refractivity contribution in [2.45, 2.75) is 6.42 Å². The summed E-state index contributed by atoms with van der Waals surface area (Å²) < 4.78 is 1.58. The zero-order valence-electron chi connectivity index (χ0n) is 11.1. The van der Waals surface area contributed by atoms with Crippen molar-refractivity contribution in [2.75, 3.05) is 6.54 Å². The van der Waals surface area contributed by atoms with Gasteiger partial charge in [0, 0.05) is 31.6 Å². The van der Waals surface area contributed by atoms with E-state index in [9.17, 15) is 14.9 Å². The monoisotopic (exact) mass is 309 g/mol. The van der Waals surface area contributed by atoms with Gasteiger partial charge in [-0.2, -0.15) is 5.10 Å². The molecule has 0 saturated carbocycles. The summed E-state index contributed by atoms with van der Waals surface area (Å²) in [6, 6.07) is 3.84. The van der Waals surface area contributed by atoms with Gasteiger partial charge in [-0.25, -0.2) is 4.98 Å². The molecule has 0 saturated heterocycles. The average Bonchev–Trinajstić information content (AvgIpc) is 2.83. The number of nitro groups is 1. The van der Waals surface area contributed by atoms with E-state index in [4.69, 9.17) is 11.6 Å². The van der Waals surface area contributed by atoms with Gasteiger partial charge >= 0.3 is 0 Å². The fourth-order valence-corrected chi connectivity index (χ4v) is 1.93. The minimum absolute atomic E-state index is 0.0703. The van der Waals surface area contributed by atoms with Crippen LogP contribution in [0.2, 0.25) is 5.02 Å². The van der Waals surface area contributed by atoms with Crippen LogP contribution in [0.5, 0.6) is 0 Å². The van der Waals surface area contributed by atoms with Gasteiger partial charge in [-0.3, -0.25) is 19.6 Å². The fraction of sp³-hybridized carbons (Fsp3) is 0.250. The first-order valence-electron chi connectivity index (χ1n) is 6.04. The van der Waals surface area contributed by atoms with Crippen LogP contribution < -0.4 is 5.32 Å². The van der Waals surface area contributed by atoms with E-state index >= 15 is 0 Å². The van der Waals surface area contributed by atoms with Crippen LogP contribution in [-0.4, -0.2) is 32.1 Å². The van der Waals surface area contributed by atoms with Gasteiger partial charge in [0.15, 0.2) is 5.82 Å². The predicted octanol–water partition coefficient (Wildman–Crippen LogP) is 1.35. The van der Waals surface area contributed by atoms with Crippen molar-refractivity contribution in [3.8, 4) is 0 Å². The van der Waals surface area contributed by atoms with Gasteiger partial charge in [-0.15, -0.1) is 0 Å². The van der Waals surface area contributed by atoms with Crippen LogP contribution in [0.3, 0.4) is 0 Å². The van der Waals surface area contributed by atoms with E-state index in [1.165, 1.54) is 18.2 Å². The van der Waals surface area contributed by atoms with Crippen molar-refractivity contribution in [2.24, 2.45) is 7.05 Å². The average molecular weight is 310 g/mol. The van der Waals surface area contributed by atoms with Crippen molar-refractivity contribution in [1.82, 2.24) is 20.1 Å². The molecule has 1 aromatic heterocycles. The van der Waals surface area contributed by atoms with Crippen molar-refractivity contribution < 1.29 is 9.72 Å². The van der Waals surface area contributed by atoms with Gasteiger partial charge in [0.05, 0.1) is 4.92 Å². The van der Waals surface area contributed by atoms with Crippen LogP contribution in [0.15, 0.2) is 24.5 Å². The third kappa shape index (κ3) is 3.76. The molecule has 2 rings (SSSR count). The lowest BCUT2D eigenvalue weighted by molar-refractivity contribution is -0.384. The Morgan fingerprint density at radius 1 is 1.52 bits per heavy atom. The summed E-state index contributed by atoms with van der Waals surface area (Å²) in [6.07, 6.45) is 2.07. The topological polar surface area (TPSA) is 103 Å². The maximum absolute atomic E-state index is 11.9. The molecule has 0 aliphatic rings. The molecule has 1 amide bonds. The highest BCUT2D eigenvalue weighted by molar-refractivity contribution is 6.33. The Morgan fingerprint density at radius 3 is 2.86 bits per heavy atom. The molecule has 0 bridgehead atoms. The number of carbonyl (C=O) groups excluding carboxylic acids is 1. The SMILES string of the molecule is Cn1cnc(CCNC(=O)c2ccc([N+](=O)[O-])c(Cl)c2)n1.